The van der Waals surface area contributed by atoms with Gasteiger partial charge in [-0.15, -0.1) is 89.5 Å². The maximum absolute atomic E-state index is 4.22. The number of hydrogen-bond donors (Lipinski definition) is 0. The first-order valence-corrected chi connectivity index (χ1v) is 14.1. The van der Waals surface area contributed by atoms with Crippen LogP contribution >= 0.6 is 0 Å². The van der Waals surface area contributed by atoms with Crippen LogP contribution in [-0.4, -0.2) is 9.97 Å². The van der Waals surface area contributed by atoms with E-state index in [1.165, 1.54) is 16.7 Å². The van der Waals surface area contributed by atoms with E-state index in [-0.39, 0.29) is 20.1 Å². The van der Waals surface area contributed by atoms with Gasteiger partial charge in [0.1, 0.15) is 0 Å². The van der Waals surface area contributed by atoms with Crippen molar-refractivity contribution in [2.24, 2.45) is 0 Å². The Balaban J connectivity index is 0.000000155. The smallest absolute Gasteiger partial charge is 0.0160 e. The van der Waals surface area contributed by atoms with Crippen molar-refractivity contribution in [3.8, 4) is 44.8 Å². The molecule has 0 aliphatic rings. The molecule has 0 saturated carbocycles. The van der Waals surface area contributed by atoms with Gasteiger partial charge in [-0.2, -0.15) is 36.4 Å². The molecule has 7 aromatic rings. The molecule has 0 aliphatic carbocycles. The second-order valence-corrected chi connectivity index (χ2v) is 9.57. The van der Waals surface area contributed by atoms with E-state index in [1.807, 2.05) is 109 Å². The minimum atomic E-state index is 0. The maximum atomic E-state index is 4.22. The molecule has 5 aromatic carbocycles. The number of hydrogen-bond acceptors (Lipinski definition) is 2. The number of rotatable bonds is 4. The Kier molecular flexibility index (Phi) is 12.5. The van der Waals surface area contributed by atoms with Gasteiger partial charge >= 0.3 is 0 Å². The third kappa shape index (κ3) is 9.28. The van der Waals surface area contributed by atoms with E-state index < -0.39 is 0 Å². The molecule has 3 heteroatoms. The largest absolute Gasteiger partial charge is 0.305 e. The Bertz CT molecular complexity index is 1630. The molecule has 0 atom stereocenters. The normalized spacial score (nSPS) is 9.75. The van der Waals surface area contributed by atoms with Crippen LogP contribution in [0.4, 0.5) is 0 Å². The Morgan fingerprint density at radius 3 is 1.36 bits per heavy atom. The van der Waals surface area contributed by atoms with E-state index in [4.69, 9.17) is 0 Å². The first-order valence-electron chi connectivity index (χ1n) is 14.1. The fraction of sp³-hybridized carbons (Fsp3) is 0.0244. The van der Waals surface area contributed by atoms with Crippen molar-refractivity contribution < 1.29 is 20.1 Å². The SMILES string of the molecule is Cc1cc(-c2[c-]cccc2)[c-]cc1-c1ccccc1.[Ir].[c-]1ccccc1-c1ccccn1.[c-]1ccccc1-c1ccccn1. The summed E-state index contributed by atoms with van der Waals surface area (Å²) < 4.78 is 0. The summed E-state index contributed by atoms with van der Waals surface area (Å²) in [5, 5.41) is 0. The van der Waals surface area contributed by atoms with Gasteiger partial charge in [0.2, 0.25) is 0 Å². The summed E-state index contributed by atoms with van der Waals surface area (Å²) in [5.41, 5.74) is 9.94. The van der Waals surface area contributed by atoms with Gasteiger partial charge in [-0.25, -0.2) is 11.1 Å². The molecule has 2 heterocycles. The predicted octanol–water partition coefficient (Wildman–Crippen LogP) is 10.0. The summed E-state index contributed by atoms with van der Waals surface area (Å²) in [4.78, 5) is 8.44. The zero-order valence-corrected chi connectivity index (χ0v) is 26.7. The molecule has 2 aromatic heterocycles. The molecule has 0 saturated heterocycles. The third-order valence-corrected chi connectivity index (χ3v) is 6.54. The summed E-state index contributed by atoms with van der Waals surface area (Å²) in [7, 11) is 0. The summed E-state index contributed by atoms with van der Waals surface area (Å²) in [6.45, 7) is 2.14. The van der Waals surface area contributed by atoms with Crippen LogP contribution in [0.2, 0.25) is 0 Å². The Labute approximate surface area is 274 Å². The van der Waals surface area contributed by atoms with E-state index in [1.54, 1.807) is 12.4 Å². The topological polar surface area (TPSA) is 25.8 Å². The van der Waals surface area contributed by atoms with Crippen LogP contribution in [0.5, 0.6) is 0 Å². The second-order valence-electron chi connectivity index (χ2n) is 9.57. The quantitative estimate of drug-likeness (QED) is 0.168. The summed E-state index contributed by atoms with van der Waals surface area (Å²) in [6.07, 6.45) is 3.58. The predicted molar refractivity (Wildman–Crippen MR) is 177 cm³/mol. The van der Waals surface area contributed by atoms with E-state index in [0.717, 1.165) is 33.6 Å². The van der Waals surface area contributed by atoms with Gasteiger partial charge in [-0.3, -0.25) is 0 Å². The van der Waals surface area contributed by atoms with Crippen molar-refractivity contribution in [3.05, 3.63) is 194 Å². The van der Waals surface area contributed by atoms with Gasteiger partial charge < -0.3 is 9.97 Å². The van der Waals surface area contributed by atoms with Crippen LogP contribution in [0.25, 0.3) is 44.8 Å². The van der Waals surface area contributed by atoms with Crippen LogP contribution in [0.3, 0.4) is 0 Å². The standard InChI is InChI=1S/C19H14.2C11H8N.Ir/c1-15-14-18(16-8-4-2-5-9-16)12-13-19(15)17-10-6-3-7-11-17;2*1-2-6-10(7-3-1)11-8-4-5-9-12-11;/h2-8,10-11,13-14H,1H3;2*1-6,8-9H;/q-2;2*-1;. The molecule has 0 spiro atoms. The first kappa shape index (κ1) is 32.0. The average molecular weight is 743 g/mol. The molecular formula is C41H30IrN2-4. The van der Waals surface area contributed by atoms with Crippen molar-refractivity contribution in [1.29, 1.82) is 0 Å². The van der Waals surface area contributed by atoms with Crippen molar-refractivity contribution in [3.63, 3.8) is 0 Å². The van der Waals surface area contributed by atoms with E-state index in [0.29, 0.717) is 0 Å². The van der Waals surface area contributed by atoms with E-state index in [2.05, 4.69) is 83.6 Å². The zero-order valence-electron chi connectivity index (χ0n) is 24.3. The first-order chi connectivity index (χ1) is 21.3. The minimum Gasteiger partial charge on any atom is -0.305 e. The maximum Gasteiger partial charge on any atom is 0.0160 e. The van der Waals surface area contributed by atoms with Crippen molar-refractivity contribution in [1.82, 2.24) is 9.97 Å². The van der Waals surface area contributed by atoms with Crippen molar-refractivity contribution in [2.75, 3.05) is 0 Å². The molecule has 0 unspecified atom stereocenters. The zero-order chi connectivity index (χ0) is 29.5. The number of benzene rings is 5. The van der Waals surface area contributed by atoms with Crippen LogP contribution in [-0.2, 0) is 20.1 Å². The van der Waals surface area contributed by atoms with Gasteiger partial charge in [0.15, 0.2) is 0 Å². The molecule has 44 heavy (non-hydrogen) atoms. The second kappa shape index (κ2) is 17.2. The summed E-state index contributed by atoms with van der Waals surface area (Å²) >= 11 is 0. The van der Waals surface area contributed by atoms with E-state index in [9.17, 15) is 0 Å². The molecular weight excluding hydrogens is 713 g/mol. The average Bonchev–Trinajstić information content (AvgIpc) is 3.11. The minimum absolute atomic E-state index is 0. The molecule has 0 amide bonds. The Morgan fingerprint density at radius 1 is 0.455 bits per heavy atom. The molecule has 1 radical (unpaired) electrons. The number of pyridine rings is 2. The van der Waals surface area contributed by atoms with Gasteiger partial charge in [0.25, 0.3) is 0 Å². The third-order valence-electron chi connectivity index (χ3n) is 6.54. The Morgan fingerprint density at radius 2 is 0.932 bits per heavy atom. The number of aryl methyl sites for hydroxylation is 1. The number of aromatic nitrogens is 2. The molecule has 7 rings (SSSR count). The van der Waals surface area contributed by atoms with Crippen LogP contribution in [0.15, 0.2) is 164 Å². The van der Waals surface area contributed by atoms with E-state index >= 15 is 0 Å². The molecule has 0 aliphatic heterocycles. The molecule has 0 N–H and O–H groups in total. The summed E-state index contributed by atoms with van der Waals surface area (Å²) in [5.74, 6) is 0. The molecule has 2 nitrogen and oxygen atoms in total. The van der Waals surface area contributed by atoms with Gasteiger partial charge in [-0.1, -0.05) is 72.6 Å². The van der Waals surface area contributed by atoms with Gasteiger partial charge in [0.05, 0.1) is 0 Å². The summed E-state index contributed by atoms with van der Waals surface area (Å²) in [6, 6.07) is 62.9. The fourth-order valence-electron chi connectivity index (χ4n) is 4.39. The monoisotopic (exact) mass is 743 g/mol. The molecule has 0 bridgehead atoms. The van der Waals surface area contributed by atoms with Gasteiger partial charge in [0, 0.05) is 32.5 Å². The molecule has 0 fully saturated rings. The molecule has 217 valence electrons. The van der Waals surface area contributed by atoms with Crippen LogP contribution in [0, 0.1) is 31.2 Å². The van der Waals surface area contributed by atoms with Crippen molar-refractivity contribution >= 4 is 0 Å². The Hall–Kier alpha value is -4.95. The van der Waals surface area contributed by atoms with Crippen LogP contribution < -0.4 is 0 Å². The number of nitrogens with zero attached hydrogens (tertiary/aromatic N) is 2. The fourth-order valence-corrected chi connectivity index (χ4v) is 4.39. The van der Waals surface area contributed by atoms with Crippen molar-refractivity contribution in [2.45, 2.75) is 6.92 Å². The van der Waals surface area contributed by atoms with Gasteiger partial charge in [-0.05, 0) is 23.5 Å². The van der Waals surface area contributed by atoms with Crippen LogP contribution in [0.1, 0.15) is 5.56 Å².